The number of rotatable bonds is 5. The first kappa shape index (κ1) is 18.4. The number of hydrogen-bond acceptors (Lipinski definition) is 6. The van der Waals surface area contributed by atoms with Crippen molar-refractivity contribution in [2.24, 2.45) is 0 Å². The van der Waals surface area contributed by atoms with Crippen LogP contribution in [0.25, 0.3) is 16.6 Å². The third-order valence-corrected chi connectivity index (χ3v) is 6.52. The number of fused-ring (bicyclic) bond motifs is 3. The predicted octanol–water partition coefficient (Wildman–Crippen LogP) is 3.26. The fourth-order valence-corrected chi connectivity index (χ4v) is 4.53. The van der Waals surface area contributed by atoms with Gasteiger partial charge in [0.15, 0.2) is 5.65 Å². The quantitative estimate of drug-likeness (QED) is 0.516. The van der Waals surface area contributed by atoms with Crippen molar-refractivity contribution in [2.75, 3.05) is 18.0 Å². The summed E-state index contributed by atoms with van der Waals surface area (Å²) in [7, 11) is -3.84. The Morgan fingerprint density at radius 2 is 1.68 bits per heavy atom. The van der Waals surface area contributed by atoms with Crippen LogP contribution in [0.4, 0.5) is 5.82 Å². The van der Waals surface area contributed by atoms with Crippen molar-refractivity contribution in [3.05, 3.63) is 54.1 Å². The SMILES string of the molecule is CCN(CC)c1nc2c(S(=O)(=O)c3ccc(C)cc3)nnn2c2ccccc12. The van der Waals surface area contributed by atoms with Gasteiger partial charge < -0.3 is 4.90 Å². The van der Waals surface area contributed by atoms with E-state index in [4.69, 9.17) is 4.98 Å². The van der Waals surface area contributed by atoms with E-state index in [9.17, 15) is 8.42 Å². The lowest BCUT2D eigenvalue weighted by atomic mass is 10.2. The summed E-state index contributed by atoms with van der Waals surface area (Å²) in [6, 6.07) is 14.4. The second-order valence-corrected chi connectivity index (χ2v) is 8.44. The normalized spacial score (nSPS) is 12.0. The zero-order valence-electron chi connectivity index (χ0n) is 16.0. The van der Waals surface area contributed by atoms with E-state index in [1.165, 1.54) is 4.52 Å². The standard InChI is InChI=1S/C20H21N5O2S/c1-4-24(5-2)18-16-8-6-7-9-17(16)25-19(21-18)20(22-23-25)28(26,27)15-12-10-14(3)11-13-15/h6-13H,4-5H2,1-3H3. The Balaban J connectivity index is 2.03. The predicted molar refractivity (Wildman–Crippen MR) is 108 cm³/mol. The highest BCUT2D eigenvalue weighted by molar-refractivity contribution is 7.91. The lowest BCUT2D eigenvalue weighted by Gasteiger charge is -2.21. The van der Waals surface area contributed by atoms with Gasteiger partial charge in [-0.2, -0.15) is 4.52 Å². The van der Waals surface area contributed by atoms with Crippen LogP contribution in [-0.2, 0) is 9.84 Å². The molecule has 0 amide bonds. The first-order valence-corrected chi connectivity index (χ1v) is 10.7. The van der Waals surface area contributed by atoms with Gasteiger partial charge in [-0.05, 0) is 45.0 Å². The molecule has 0 aliphatic heterocycles. The molecule has 4 rings (SSSR count). The Kier molecular flexibility index (Phi) is 4.50. The van der Waals surface area contributed by atoms with Crippen molar-refractivity contribution in [3.8, 4) is 0 Å². The first-order chi connectivity index (χ1) is 13.5. The van der Waals surface area contributed by atoms with Gasteiger partial charge in [0, 0.05) is 18.5 Å². The largest absolute Gasteiger partial charge is 0.357 e. The van der Waals surface area contributed by atoms with Gasteiger partial charge in [-0.3, -0.25) is 0 Å². The molecule has 7 nitrogen and oxygen atoms in total. The lowest BCUT2D eigenvalue weighted by molar-refractivity contribution is 0.592. The molecule has 0 bridgehead atoms. The van der Waals surface area contributed by atoms with Crippen LogP contribution in [0, 0.1) is 6.92 Å². The van der Waals surface area contributed by atoms with Gasteiger partial charge in [0.2, 0.25) is 14.9 Å². The summed E-state index contributed by atoms with van der Waals surface area (Å²) in [6.07, 6.45) is 0. The maximum atomic E-state index is 13.2. The number of nitrogens with zero attached hydrogens (tertiary/aromatic N) is 5. The second kappa shape index (κ2) is 6.87. The topological polar surface area (TPSA) is 80.5 Å². The van der Waals surface area contributed by atoms with Gasteiger partial charge in [-0.15, -0.1) is 5.10 Å². The van der Waals surface area contributed by atoms with E-state index in [-0.39, 0.29) is 15.6 Å². The number of sulfone groups is 1. The first-order valence-electron chi connectivity index (χ1n) is 9.18. The van der Waals surface area contributed by atoms with E-state index in [1.807, 2.05) is 45.0 Å². The average molecular weight is 395 g/mol. The Morgan fingerprint density at radius 1 is 1.00 bits per heavy atom. The molecule has 2 heterocycles. The van der Waals surface area contributed by atoms with Crippen molar-refractivity contribution < 1.29 is 8.42 Å². The smallest absolute Gasteiger partial charge is 0.229 e. The Hall–Kier alpha value is -3.00. The number of aromatic nitrogens is 4. The zero-order chi connectivity index (χ0) is 19.9. The van der Waals surface area contributed by atoms with Crippen molar-refractivity contribution in [1.82, 2.24) is 19.8 Å². The molecular weight excluding hydrogens is 374 g/mol. The number of hydrogen-bond donors (Lipinski definition) is 0. The molecule has 0 saturated heterocycles. The maximum Gasteiger partial charge on any atom is 0.229 e. The van der Waals surface area contributed by atoms with Crippen LogP contribution < -0.4 is 4.90 Å². The van der Waals surface area contributed by atoms with Gasteiger partial charge >= 0.3 is 0 Å². The molecule has 0 fully saturated rings. The van der Waals surface area contributed by atoms with Crippen LogP contribution >= 0.6 is 0 Å². The fourth-order valence-electron chi connectivity index (χ4n) is 3.30. The highest BCUT2D eigenvalue weighted by Gasteiger charge is 2.27. The molecule has 8 heteroatoms. The fraction of sp³-hybridized carbons (Fsp3) is 0.250. The average Bonchev–Trinajstić information content (AvgIpc) is 3.14. The van der Waals surface area contributed by atoms with Crippen LogP contribution in [0.1, 0.15) is 19.4 Å². The summed E-state index contributed by atoms with van der Waals surface area (Å²) in [5.74, 6) is 0.732. The lowest BCUT2D eigenvalue weighted by Crippen LogP contribution is -2.23. The molecule has 28 heavy (non-hydrogen) atoms. The minimum Gasteiger partial charge on any atom is -0.357 e. The van der Waals surface area contributed by atoms with E-state index in [0.717, 1.165) is 35.4 Å². The molecule has 4 aromatic rings. The molecule has 0 N–H and O–H groups in total. The van der Waals surface area contributed by atoms with Crippen molar-refractivity contribution in [1.29, 1.82) is 0 Å². The van der Waals surface area contributed by atoms with Crippen molar-refractivity contribution in [3.63, 3.8) is 0 Å². The minimum atomic E-state index is -3.84. The molecule has 0 aliphatic rings. The molecule has 0 aliphatic carbocycles. The monoisotopic (exact) mass is 395 g/mol. The van der Waals surface area contributed by atoms with Crippen LogP contribution in [0.15, 0.2) is 58.5 Å². The molecule has 0 radical (unpaired) electrons. The van der Waals surface area contributed by atoms with E-state index in [2.05, 4.69) is 15.2 Å². The van der Waals surface area contributed by atoms with E-state index in [0.29, 0.717) is 0 Å². The third kappa shape index (κ3) is 2.80. The number of benzene rings is 2. The third-order valence-electron chi connectivity index (χ3n) is 4.85. The Bertz CT molecular complexity index is 1260. The van der Waals surface area contributed by atoms with Crippen LogP contribution in [0.5, 0.6) is 0 Å². The number of aryl methyl sites for hydroxylation is 1. The zero-order valence-corrected chi connectivity index (χ0v) is 16.8. The minimum absolute atomic E-state index is 0.129. The van der Waals surface area contributed by atoms with Crippen LogP contribution in [0.3, 0.4) is 0 Å². The summed E-state index contributed by atoms with van der Waals surface area (Å²) >= 11 is 0. The molecule has 0 spiro atoms. The van der Waals surface area contributed by atoms with Gasteiger partial charge in [0.25, 0.3) is 0 Å². The Morgan fingerprint density at radius 3 is 2.36 bits per heavy atom. The summed E-state index contributed by atoms with van der Waals surface area (Å²) < 4.78 is 27.9. The van der Waals surface area contributed by atoms with Crippen molar-refractivity contribution >= 4 is 32.2 Å². The van der Waals surface area contributed by atoms with Gasteiger partial charge in [-0.25, -0.2) is 13.4 Å². The summed E-state index contributed by atoms with van der Waals surface area (Å²) in [6.45, 7) is 7.51. The summed E-state index contributed by atoms with van der Waals surface area (Å²) in [5, 5.41) is 8.90. The number of anilines is 1. The van der Waals surface area contributed by atoms with E-state index in [1.54, 1.807) is 24.3 Å². The molecule has 2 aromatic carbocycles. The molecule has 2 aromatic heterocycles. The van der Waals surface area contributed by atoms with Gasteiger partial charge in [0.1, 0.15) is 5.82 Å². The molecule has 144 valence electrons. The Labute approximate surface area is 163 Å². The maximum absolute atomic E-state index is 13.2. The van der Waals surface area contributed by atoms with E-state index < -0.39 is 9.84 Å². The molecular formula is C20H21N5O2S. The highest BCUT2D eigenvalue weighted by atomic mass is 32.2. The second-order valence-electron chi connectivity index (χ2n) is 6.57. The molecule has 0 unspecified atom stereocenters. The van der Waals surface area contributed by atoms with Crippen LogP contribution in [0.2, 0.25) is 0 Å². The number of para-hydroxylation sites is 1. The van der Waals surface area contributed by atoms with E-state index >= 15 is 0 Å². The summed E-state index contributed by atoms with van der Waals surface area (Å²) in [4.78, 5) is 6.97. The highest BCUT2D eigenvalue weighted by Crippen LogP contribution is 2.29. The van der Waals surface area contributed by atoms with Crippen molar-refractivity contribution in [2.45, 2.75) is 30.7 Å². The van der Waals surface area contributed by atoms with Crippen LogP contribution in [-0.4, -0.2) is 41.3 Å². The summed E-state index contributed by atoms with van der Waals surface area (Å²) in [5.41, 5.74) is 1.99. The van der Waals surface area contributed by atoms with Gasteiger partial charge in [-0.1, -0.05) is 35.0 Å². The molecule has 0 saturated carbocycles. The van der Waals surface area contributed by atoms with Gasteiger partial charge in [0.05, 0.1) is 10.4 Å². The molecule has 0 atom stereocenters.